The number of aliphatic hydroxyl groups is 1. The van der Waals surface area contributed by atoms with Crippen LogP contribution in [0.15, 0.2) is 30.5 Å². The van der Waals surface area contributed by atoms with Gasteiger partial charge in [0.05, 0.1) is 13.2 Å². The number of rotatable bonds is 5. The van der Waals surface area contributed by atoms with Crippen molar-refractivity contribution in [1.82, 2.24) is 9.78 Å². The Balaban J connectivity index is 2.07. The summed E-state index contributed by atoms with van der Waals surface area (Å²) < 4.78 is 7.06. The predicted octanol–water partition coefficient (Wildman–Crippen LogP) is 2.75. The molecule has 2 aromatic rings. The molecule has 1 aromatic heterocycles. The fourth-order valence-corrected chi connectivity index (χ4v) is 2.21. The van der Waals surface area contributed by atoms with E-state index in [2.05, 4.69) is 5.10 Å². The molecule has 0 spiro atoms. The van der Waals surface area contributed by atoms with Crippen LogP contribution >= 0.6 is 11.6 Å². The van der Waals surface area contributed by atoms with Crippen molar-refractivity contribution in [1.29, 1.82) is 0 Å². The monoisotopic (exact) mass is 280 g/mol. The smallest absolute Gasteiger partial charge is 0.126 e. The van der Waals surface area contributed by atoms with Crippen molar-refractivity contribution >= 4 is 11.6 Å². The Kier molecular flexibility index (Phi) is 4.45. The Morgan fingerprint density at radius 1 is 1.42 bits per heavy atom. The zero-order chi connectivity index (χ0) is 13.8. The van der Waals surface area contributed by atoms with E-state index in [4.69, 9.17) is 16.3 Å². The highest BCUT2D eigenvalue weighted by Crippen LogP contribution is 2.30. The van der Waals surface area contributed by atoms with Gasteiger partial charge in [-0.2, -0.15) is 5.10 Å². The highest BCUT2D eigenvalue weighted by Gasteiger charge is 2.14. The highest BCUT2D eigenvalue weighted by atomic mass is 35.5. The van der Waals surface area contributed by atoms with E-state index in [0.717, 1.165) is 17.7 Å². The van der Waals surface area contributed by atoms with Crippen LogP contribution in [0, 0.1) is 0 Å². The lowest BCUT2D eigenvalue weighted by Crippen LogP contribution is -2.05. The number of aryl methyl sites for hydroxylation is 2. The molecule has 0 aliphatic rings. The first-order chi connectivity index (χ1) is 9.11. The third-order valence-corrected chi connectivity index (χ3v) is 3.39. The summed E-state index contributed by atoms with van der Waals surface area (Å²) >= 11 is 5.91. The molecule has 0 radical (unpaired) electrons. The minimum atomic E-state index is -0.581. The Hall–Kier alpha value is -1.52. The molecule has 102 valence electrons. The number of nitrogens with zero attached hydrogens (tertiary/aromatic N) is 2. The second-order valence-electron chi connectivity index (χ2n) is 4.39. The summed E-state index contributed by atoms with van der Waals surface area (Å²) in [5.41, 5.74) is 1.85. The molecule has 2 rings (SSSR count). The zero-order valence-corrected chi connectivity index (χ0v) is 11.8. The molecule has 0 saturated carbocycles. The van der Waals surface area contributed by atoms with Crippen molar-refractivity contribution in [3.8, 4) is 5.75 Å². The zero-order valence-electron chi connectivity index (χ0n) is 11.0. The number of benzene rings is 1. The van der Waals surface area contributed by atoms with E-state index < -0.39 is 6.10 Å². The molecule has 1 heterocycles. The van der Waals surface area contributed by atoms with E-state index >= 15 is 0 Å². The second kappa shape index (κ2) is 6.08. The van der Waals surface area contributed by atoms with Crippen molar-refractivity contribution in [3.63, 3.8) is 0 Å². The summed E-state index contributed by atoms with van der Waals surface area (Å²) in [5, 5.41) is 15.0. The van der Waals surface area contributed by atoms with Crippen molar-refractivity contribution in [2.24, 2.45) is 7.05 Å². The molecule has 0 amide bonds. The summed E-state index contributed by atoms with van der Waals surface area (Å²) in [4.78, 5) is 0. The normalized spacial score (nSPS) is 12.4. The van der Waals surface area contributed by atoms with E-state index in [9.17, 15) is 5.11 Å². The Labute approximate surface area is 117 Å². The maximum atomic E-state index is 10.3. The first kappa shape index (κ1) is 13.9. The van der Waals surface area contributed by atoms with Gasteiger partial charge in [0.1, 0.15) is 5.75 Å². The molecule has 5 heteroatoms. The SMILES string of the molecule is COc1cc(Cl)ccc1C(O)CCc1ccnn1C. The van der Waals surface area contributed by atoms with Gasteiger partial charge in [-0.05, 0) is 31.0 Å². The quantitative estimate of drug-likeness (QED) is 0.916. The van der Waals surface area contributed by atoms with Crippen molar-refractivity contribution < 1.29 is 9.84 Å². The molecule has 1 atom stereocenters. The van der Waals surface area contributed by atoms with Crippen LogP contribution in [-0.4, -0.2) is 22.0 Å². The summed E-state index contributed by atoms with van der Waals surface area (Å²) in [6.45, 7) is 0. The van der Waals surface area contributed by atoms with Gasteiger partial charge in [0.25, 0.3) is 0 Å². The Morgan fingerprint density at radius 2 is 2.21 bits per heavy atom. The molecule has 1 unspecified atom stereocenters. The van der Waals surface area contributed by atoms with Crippen LogP contribution in [0.4, 0.5) is 0 Å². The molecule has 0 bridgehead atoms. The highest BCUT2D eigenvalue weighted by molar-refractivity contribution is 6.30. The molecule has 0 aliphatic heterocycles. The molecular formula is C14H17ClN2O2. The molecule has 0 fully saturated rings. The van der Waals surface area contributed by atoms with Gasteiger partial charge < -0.3 is 9.84 Å². The topological polar surface area (TPSA) is 47.3 Å². The molecule has 4 nitrogen and oxygen atoms in total. The van der Waals surface area contributed by atoms with Gasteiger partial charge >= 0.3 is 0 Å². The Bertz CT molecular complexity index is 554. The van der Waals surface area contributed by atoms with Gasteiger partial charge in [0.2, 0.25) is 0 Å². The molecule has 0 saturated heterocycles. The number of hydrogen-bond acceptors (Lipinski definition) is 3. The number of aliphatic hydroxyl groups excluding tert-OH is 1. The predicted molar refractivity (Wildman–Crippen MR) is 74.5 cm³/mol. The third-order valence-electron chi connectivity index (χ3n) is 3.15. The average molecular weight is 281 g/mol. The van der Waals surface area contributed by atoms with Gasteiger partial charge in [-0.3, -0.25) is 4.68 Å². The van der Waals surface area contributed by atoms with Crippen LogP contribution in [-0.2, 0) is 13.5 Å². The van der Waals surface area contributed by atoms with Crippen LogP contribution in [0.3, 0.4) is 0 Å². The van der Waals surface area contributed by atoms with Gasteiger partial charge in [0, 0.05) is 29.5 Å². The summed E-state index contributed by atoms with van der Waals surface area (Å²) in [5.74, 6) is 0.616. The third kappa shape index (κ3) is 3.28. The average Bonchev–Trinajstić information content (AvgIpc) is 2.81. The van der Waals surface area contributed by atoms with E-state index in [1.807, 2.05) is 17.8 Å². The van der Waals surface area contributed by atoms with Gasteiger partial charge in [-0.15, -0.1) is 0 Å². The number of ether oxygens (including phenoxy) is 1. The van der Waals surface area contributed by atoms with Crippen LogP contribution in [0.25, 0.3) is 0 Å². The summed E-state index contributed by atoms with van der Waals surface area (Å²) in [6, 6.07) is 7.22. The minimum absolute atomic E-state index is 0.581. The second-order valence-corrected chi connectivity index (χ2v) is 4.82. The van der Waals surface area contributed by atoms with E-state index in [1.54, 1.807) is 31.5 Å². The summed E-state index contributed by atoms with van der Waals surface area (Å²) in [6.07, 6.45) is 2.54. The van der Waals surface area contributed by atoms with Gasteiger partial charge in [-0.1, -0.05) is 17.7 Å². The van der Waals surface area contributed by atoms with Gasteiger partial charge in [-0.25, -0.2) is 0 Å². The fraction of sp³-hybridized carbons (Fsp3) is 0.357. The maximum Gasteiger partial charge on any atom is 0.126 e. The van der Waals surface area contributed by atoms with Crippen LogP contribution < -0.4 is 4.74 Å². The van der Waals surface area contributed by atoms with Crippen molar-refractivity contribution in [3.05, 3.63) is 46.7 Å². The van der Waals surface area contributed by atoms with Crippen molar-refractivity contribution in [2.45, 2.75) is 18.9 Å². The van der Waals surface area contributed by atoms with Crippen LogP contribution in [0.1, 0.15) is 23.8 Å². The number of methoxy groups -OCH3 is 1. The molecule has 1 aromatic carbocycles. The van der Waals surface area contributed by atoms with E-state index in [1.165, 1.54) is 0 Å². The number of hydrogen-bond donors (Lipinski definition) is 1. The van der Waals surface area contributed by atoms with Gasteiger partial charge in [0.15, 0.2) is 0 Å². The standard InChI is InChI=1S/C14H17ClN2O2/c1-17-11(7-8-16-17)4-6-13(18)12-5-3-10(15)9-14(12)19-2/h3,5,7-9,13,18H,4,6H2,1-2H3. The first-order valence-corrected chi connectivity index (χ1v) is 6.48. The maximum absolute atomic E-state index is 10.3. The van der Waals surface area contributed by atoms with E-state index in [0.29, 0.717) is 17.2 Å². The lowest BCUT2D eigenvalue weighted by molar-refractivity contribution is 0.163. The van der Waals surface area contributed by atoms with E-state index in [-0.39, 0.29) is 0 Å². The molecule has 19 heavy (non-hydrogen) atoms. The molecule has 0 aliphatic carbocycles. The Morgan fingerprint density at radius 3 is 2.84 bits per heavy atom. The van der Waals surface area contributed by atoms with Crippen LogP contribution in [0.2, 0.25) is 5.02 Å². The summed E-state index contributed by atoms with van der Waals surface area (Å²) in [7, 11) is 3.47. The lowest BCUT2D eigenvalue weighted by atomic mass is 10.0. The number of halogens is 1. The minimum Gasteiger partial charge on any atom is -0.496 e. The number of aromatic nitrogens is 2. The van der Waals surface area contributed by atoms with Crippen molar-refractivity contribution in [2.75, 3.05) is 7.11 Å². The largest absolute Gasteiger partial charge is 0.496 e. The molecular weight excluding hydrogens is 264 g/mol. The fourth-order valence-electron chi connectivity index (χ4n) is 2.05. The first-order valence-electron chi connectivity index (χ1n) is 6.10. The molecule has 1 N–H and O–H groups in total. The van der Waals surface area contributed by atoms with Crippen LogP contribution in [0.5, 0.6) is 5.75 Å². The lowest BCUT2D eigenvalue weighted by Gasteiger charge is -2.15.